The van der Waals surface area contributed by atoms with E-state index in [-0.39, 0.29) is 16.8 Å². The standard InChI is InChI=1S/C11H13N3O4S/c1-13(2)19(16,17)14-10-8(6-12-14)4-5-9(7-15)11(10)18-3/h4-7H,1-3H3. The largest absolute Gasteiger partial charge is 0.494 e. The number of hydrogen-bond donors (Lipinski definition) is 0. The third-order valence-electron chi connectivity index (χ3n) is 2.70. The van der Waals surface area contributed by atoms with Gasteiger partial charge in [0.25, 0.3) is 0 Å². The number of fused-ring (bicyclic) bond motifs is 1. The van der Waals surface area contributed by atoms with Crippen LogP contribution in [0.2, 0.25) is 0 Å². The minimum absolute atomic E-state index is 0.190. The van der Waals surface area contributed by atoms with Gasteiger partial charge in [-0.2, -0.15) is 17.8 Å². The van der Waals surface area contributed by atoms with Crippen molar-refractivity contribution in [3.8, 4) is 5.75 Å². The van der Waals surface area contributed by atoms with Crippen molar-refractivity contribution in [1.82, 2.24) is 13.5 Å². The first-order valence-corrected chi connectivity index (χ1v) is 6.76. The molecule has 0 aliphatic heterocycles. The third kappa shape index (κ3) is 1.98. The van der Waals surface area contributed by atoms with Crippen LogP contribution in [-0.4, -0.2) is 49.4 Å². The number of aromatic nitrogens is 2. The van der Waals surface area contributed by atoms with E-state index in [1.165, 1.54) is 27.4 Å². The predicted octanol–water partition coefficient (Wildman–Crippen LogP) is 0.512. The Morgan fingerprint density at radius 3 is 2.58 bits per heavy atom. The van der Waals surface area contributed by atoms with Gasteiger partial charge in [0.1, 0.15) is 5.52 Å². The molecule has 0 unspecified atom stereocenters. The number of nitrogens with zero attached hydrogens (tertiary/aromatic N) is 3. The van der Waals surface area contributed by atoms with Crippen LogP contribution in [0.3, 0.4) is 0 Å². The smallest absolute Gasteiger partial charge is 0.323 e. The van der Waals surface area contributed by atoms with Crippen molar-refractivity contribution in [2.24, 2.45) is 0 Å². The van der Waals surface area contributed by atoms with E-state index in [2.05, 4.69) is 5.10 Å². The second kappa shape index (κ2) is 4.63. The van der Waals surface area contributed by atoms with Crippen LogP contribution < -0.4 is 4.74 Å². The lowest BCUT2D eigenvalue weighted by Crippen LogP contribution is -2.29. The Morgan fingerprint density at radius 1 is 1.37 bits per heavy atom. The Balaban J connectivity index is 2.89. The molecule has 0 amide bonds. The van der Waals surface area contributed by atoms with Crippen molar-refractivity contribution in [1.29, 1.82) is 0 Å². The first kappa shape index (κ1) is 13.5. The van der Waals surface area contributed by atoms with E-state index in [1.54, 1.807) is 12.1 Å². The lowest BCUT2D eigenvalue weighted by molar-refractivity contribution is 0.112. The molecule has 0 saturated heterocycles. The minimum Gasteiger partial charge on any atom is -0.494 e. The summed E-state index contributed by atoms with van der Waals surface area (Å²) in [4.78, 5) is 11.0. The SMILES string of the molecule is COc1c(C=O)ccc2cnn(S(=O)(=O)N(C)C)c12. The molecule has 8 heteroatoms. The maximum atomic E-state index is 12.2. The molecule has 0 radical (unpaired) electrons. The van der Waals surface area contributed by atoms with E-state index >= 15 is 0 Å². The molecule has 2 aromatic rings. The predicted molar refractivity (Wildman–Crippen MR) is 69.7 cm³/mol. The molecule has 0 fully saturated rings. The summed E-state index contributed by atoms with van der Waals surface area (Å²) in [6, 6.07) is 3.18. The molecule has 1 heterocycles. The Labute approximate surface area is 110 Å². The number of ether oxygens (including phenoxy) is 1. The molecule has 0 N–H and O–H groups in total. The summed E-state index contributed by atoms with van der Waals surface area (Å²) >= 11 is 0. The molecule has 7 nitrogen and oxygen atoms in total. The van der Waals surface area contributed by atoms with Gasteiger partial charge in [-0.15, -0.1) is 4.09 Å². The fourth-order valence-corrected chi connectivity index (χ4v) is 2.61. The topological polar surface area (TPSA) is 81.5 Å². The van der Waals surface area contributed by atoms with Crippen molar-refractivity contribution in [2.75, 3.05) is 21.2 Å². The normalized spacial score (nSPS) is 12.0. The minimum atomic E-state index is -3.77. The molecule has 0 aliphatic rings. The second-order valence-corrected chi connectivity index (χ2v) is 5.99. The number of benzene rings is 1. The van der Waals surface area contributed by atoms with Crippen molar-refractivity contribution in [3.63, 3.8) is 0 Å². The van der Waals surface area contributed by atoms with Crippen molar-refractivity contribution in [3.05, 3.63) is 23.9 Å². The van der Waals surface area contributed by atoms with Gasteiger partial charge in [0, 0.05) is 19.5 Å². The third-order valence-corrected chi connectivity index (χ3v) is 4.33. The molecular formula is C11H13N3O4S. The highest BCUT2D eigenvalue weighted by atomic mass is 32.2. The fourth-order valence-electron chi connectivity index (χ4n) is 1.71. The fraction of sp³-hybridized carbons (Fsp3) is 0.273. The van der Waals surface area contributed by atoms with Crippen LogP contribution in [-0.2, 0) is 10.2 Å². The van der Waals surface area contributed by atoms with Crippen LogP contribution in [0.4, 0.5) is 0 Å². The number of hydrogen-bond acceptors (Lipinski definition) is 5. The van der Waals surface area contributed by atoms with E-state index in [1.807, 2.05) is 0 Å². The maximum Gasteiger partial charge on any atom is 0.323 e. The van der Waals surface area contributed by atoms with Crippen LogP contribution in [0.25, 0.3) is 10.9 Å². The second-order valence-electron chi connectivity index (χ2n) is 4.02. The number of carbonyl (C=O) groups excluding carboxylic acids is 1. The monoisotopic (exact) mass is 283 g/mol. The molecule has 0 spiro atoms. The van der Waals surface area contributed by atoms with Crippen LogP contribution >= 0.6 is 0 Å². The molecule has 1 aromatic heterocycles. The van der Waals surface area contributed by atoms with Crippen LogP contribution in [0.5, 0.6) is 5.75 Å². The zero-order valence-electron chi connectivity index (χ0n) is 10.7. The van der Waals surface area contributed by atoms with Gasteiger partial charge < -0.3 is 4.74 Å². The first-order valence-electron chi connectivity index (χ1n) is 5.36. The lowest BCUT2D eigenvalue weighted by atomic mass is 10.1. The average Bonchev–Trinajstić information content (AvgIpc) is 2.81. The summed E-state index contributed by atoms with van der Waals surface area (Å²) in [5.41, 5.74) is 0.520. The Hall–Kier alpha value is -1.93. The van der Waals surface area contributed by atoms with E-state index < -0.39 is 10.2 Å². The molecular weight excluding hydrogens is 270 g/mol. The Morgan fingerprint density at radius 2 is 2.05 bits per heavy atom. The summed E-state index contributed by atoms with van der Waals surface area (Å²) in [7, 11) is 0.405. The molecule has 2 rings (SSSR count). The molecule has 0 bridgehead atoms. The number of carbonyl (C=O) groups is 1. The van der Waals surface area contributed by atoms with Gasteiger partial charge in [0.05, 0.1) is 18.9 Å². The van der Waals surface area contributed by atoms with Crippen LogP contribution in [0.1, 0.15) is 10.4 Å². The summed E-state index contributed by atoms with van der Waals surface area (Å²) in [6.07, 6.45) is 2.02. The number of aldehydes is 1. The molecule has 1 aromatic carbocycles. The van der Waals surface area contributed by atoms with Gasteiger partial charge in [0.2, 0.25) is 0 Å². The van der Waals surface area contributed by atoms with E-state index in [4.69, 9.17) is 4.74 Å². The average molecular weight is 283 g/mol. The number of methoxy groups -OCH3 is 1. The van der Waals surface area contributed by atoms with Crippen molar-refractivity contribution >= 4 is 27.4 Å². The van der Waals surface area contributed by atoms with E-state index in [9.17, 15) is 13.2 Å². The summed E-state index contributed by atoms with van der Waals surface area (Å²) < 4.78 is 31.4. The Bertz CT molecular complexity index is 734. The molecule has 0 atom stereocenters. The highest BCUT2D eigenvalue weighted by molar-refractivity contribution is 7.87. The lowest BCUT2D eigenvalue weighted by Gasteiger charge is -2.13. The summed E-state index contributed by atoms with van der Waals surface area (Å²) in [5, 5.41) is 4.44. The van der Waals surface area contributed by atoms with Gasteiger partial charge in [-0.3, -0.25) is 4.79 Å². The van der Waals surface area contributed by atoms with Crippen LogP contribution in [0, 0.1) is 0 Å². The zero-order chi connectivity index (χ0) is 14.2. The quantitative estimate of drug-likeness (QED) is 0.764. The highest BCUT2D eigenvalue weighted by Crippen LogP contribution is 2.29. The number of rotatable bonds is 4. The zero-order valence-corrected chi connectivity index (χ0v) is 11.5. The van der Waals surface area contributed by atoms with Crippen molar-refractivity contribution in [2.45, 2.75) is 0 Å². The molecule has 0 saturated carbocycles. The Kier molecular flexibility index (Phi) is 3.29. The van der Waals surface area contributed by atoms with Gasteiger partial charge in [-0.1, -0.05) is 6.07 Å². The van der Waals surface area contributed by atoms with Crippen LogP contribution in [0.15, 0.2) is 18.3 Å². The van der Waals surface area contributed by atoms with Crippen molar-refractivity contribution < 1.29 is 17.9 Å². The molecule has 0 aliphatic carbocycles. The first-order chi connectivity index (χ1) is 8.93. The molecule has 19 heavy (non-hydrogen) atoms. The van der Waals surface area contributed by atoms with Gasteiger partial charge >= 0.3 is 10.2 Å². The van der Waals surface area contributed by atoms with Gasteiger partial charge in [0.15, 0.2) is 12.0 Å². The van der Waals surface area contributed by atoms with Gasteiger partial charge in [-0.05, 0) is 6.07 Å². The molecule has 102 valence electrons. The van der Waals surface area contributed by atoms with E-state index in [0.717, 1.165) is 8.39 Å². The van der Waals surface area contributed by atoms with E-state index in [0.29, 0.717) is 11.7 Å². The summed E-state index contributed by atoms with van der Waals surface area (Å²) in [6.45, 7) is 0. The maximum absolute atomic E-state index is 12.2. The summed E-state index contributed by atoms with van der Waals surface area (Å²) in [5.74, 6) is 0.190. The van der Waals surface area contributed by atoms with Gasteiger partial charge in [-0.25, -0.2) is 0 Å². The highest BCUT2D eigenvalue weighted by Gasteiger charge is 2.23.